The minimum atomic E-state index is -1.93. The van der Waals surface area contributed by atoms with Gasteiger partial charge in [-0.1, -0.05) is 52.0 Å². The number of likely N-dealkylation sites (N-methyl/N-ethyl adjacent to an activating group) is 1. The second kappa shape index (κ2) is 11.6. The van der Waals surface area contributed by atoms with Crippen LogP contribution in [0.1, 0.15) is 51.7 Å². The molecule has 200 valence electrons. The quantitative estimate of drug-likeness (QED) is 0.419. The van der Waals surface area contributed by atoms with E-state index in [-0.39, 0.29) is 5.92 Å². The second-order valence-electron chi connectivity index (χ2n) is 9.21. The number of hydrazine groups is 1. The zero-order valence-electron chi connectivity index (χ0n) is 22.7. The first-order chi connectivity index (χ1) is 17.6. The monoisotopic (exact) mass is 510 g/mol. The summed E-state index contributed by atoms with van der Waals surface area (Å²) in [6.07, 6.45) is 1.51. The number of hydrogen-bond acceptors (Lipinski definition) is 7. The van der Waals surface area contributed by atoms with E-state index in [0.717, 1.165) is 5.56 Å². The van der Waals surface area contributed by atoms with Crippen molar-refractivity contribution in [3.05, 3.63) is 59.7 Å². The summed E-state index contributed by atoms with van der Waals surface area (Å²) in [5.74, 6) is -0.537. The number of carbonyl (C=O) groups is 2. The van der Waals surface area contributed by atoms with Crippen LogP contribution < -0.4 is 25.2 Å². The van der Waals surface area contributed by atoms with Gasteiger partial charge in [-0.2, -0.15) is 0 Å². The number of nitrogens with zero attached hydrogens (tertiary/aromatic N) is 2. The van der Waals surface area contributed by atoms with Gasteiger partial charge in [-0.05, 0) is 49.7 Å². The Balaban J connectivity index is 2.25. The highest BCUT2D eigenvalue weighted by Gasteiger charge is 2.51. The van der Waals surface area contributed by atoms with E-state index in [2.05, 4.69) is 10.7 Å². The molecule has 1 heterocycles. The van der Waals surface area contributed by atoms with Crippen LogP contribution in [-0.4, -0.2) is 60.9 Å². The van der Waals surface area contributed by atoms with Crippen LogP contribution in [0.15, 0.2) is 48.5 Å². The lowest BCUT2D eigenvalue weighted by molar-refractivity contribution is -0.146. The molecule has 0 bridgehead atoms. The number of aliphatic carboxylic acids is 1. The fourth-order valence-electron chi connectivity index (χ4n) is 4.72. The highest BCUT2D eigenvalue weighted by atomic mass is 16.5. The number of anilines is 1. The smallest absolute Gasteiger partial charge is 0.356 e. The maximum absolute atomic E-state index is 13.5. The zero-order valence-corrected chi connectivity index (χ0v) is 22.7. The largest absolute Gasteiger partial charge is 0.496 e. The van der Waals surface area contributed by atoms with Gasteiger partial charge in [-0.15, -0.1) is 0 Å². The molecule has 0 aromatic heterocycles. The summed E-state index contributed by atoms with van der Waals surface area (Å²) in [4.78, 5) is 28.6. The molecule has 0 spiro atoms. The van der Waals surface area contributed by atoms with E-state index in [1.54, 1.807) is 25.1 Å². The van der Waals surface area contributed by atoms with Crippen molar-refractivity contribution in [3.63, 3.8) is 0 Å². The van der Waals surface area contributed by atoms with Gasteiger partial charge in [0.05, 0.1) is 37.2 Å². The predicted octanol–water partition coefficient (Wildman–Crippen LogP) is 3.82. The average Bonchev–Trinajstić information content (AvgIpc) is 3.28. The molecule has 0 saturated heterocycles. The highest BCUT2D eigenvalue weighted by molar-refractivity contribution is 5.98. The van der Waals surface area contributed by atoms with Crippen LogP contribution in [0, 0.1) is 0 Å². The Hall–Kier alpha value is -3.72. The number of benzene rings is 2. The third-order valence-corrected chi connectivity index (χ3v) is 6.81. The van der Waals surface area contributed by atoms with Crippen LogP contribution in [0.5, 0.6) is 11.5 Å². The van der Waals surface area contributed by atoms with Crippen molar-refractivity contribution in [2.75, 3.05) is 32.3 Å². The first-order valence-electron chi connectivity index (χ1n) is 12.5. The number of nitrogens with one attached hydrogen (secondary N) is 2. The van der Waals surface area contributed by atoms with Gasteiger partial charge >= 0.3 is 5.97 Å². The summed E-state index contributed by atoms with van der Waals surface area (Å²) in [6, 6.07) is 12.4. The third-order valence-electron chi connectivity index (χ3n) is 6.81. The van der Waals surface area contributed by atoms with Crippen LogP contribution in [-0.2, 0) is 9.59 Å². The fourth-order valence-corrected chi connectivity index (χ4v) is 4.72. The lowest BCUT2D eigenvalue weighted by Gasteiger charge is -2.38. The average molecular weight is 511 g/mol. The molecule has 0 saturated carbocycles. The van der Waals surface area contributed by atoms with Crippen molar-refractivity contribution < 1.29 is 24.2 Å². The molecule has 0 fully saturated rings. The first-order valence-corrected chi connectivity index (χ1v) is 12.5. The molecular formula is C28H38N4O5. The minimum Gasteiger partial charge on any atom is -0.496 e. The molecule has 1 aliphatic heterocycles. The van der Waals surface area contributed by atoms with Crippen molar-refractivity contribution in [3.8, 4) is 11.5 Å². The Morgan fingerprint density at radius 1 is 1.03 bits per heavy atom. The number of para-hydroxylation sites is 1. The van der Waals surface area contributed by atoms with Gasteiger partial charge in [-0.3, -0.25) is 15.1 Å². The second-order valence-corrected chi connectivity index (χ2v) is 9.21. The highest BCUT2D eigenvalue weighted by Crippen LogP contribution is 2.41. The standard InChI is InChI=1S/C28H38N4O5/c1-8-31(9-2)19(5)26(33)29-28(27(34)35)17-21(25-23(36-6)15-12-16-24(25)37-7)30-32(28)22-14-11-10-13-20(22)18(3)4/h10-19,30H,8-9H2,1-7H3,(H,29,33)(H,34,35). The number of carboxylic acid groups (broad SMARTS) is 1. The van der Waals surface area contributed by atoms with Crippen molar-refractivity contribution in [2.24, 2.45) is 0 Å². The number of ether oxygens (including phenoxy) is 2. The Bertz CT molecular complexity index is 1140. The molecule has 9 nitrogen and oxygen atoms in total. The van der Waals surface area contributed by atoms with Crippen LogP contribution in [0.4, 0.5) is 5.69 Å². The normalized spacial score (nSPS) is 17.9. The predicted molar refractivity (Wildman–Crippen MR) is 145 cm³/mol. The SMILES string of the molecule is CCN(CC)C(C)C(=O)NC1(C(=O)O)C=C(c2c(OC)cccc2OC)NN1c1ccccc1C(C)C. The number of methoxy groups -OCH3 is 2. The summed E-state index contributed by atoms with van der Waals surface area (Å²) in [5.41, 5.74) is 3.89. The van der Waals surface area contributed by atoms with E-state index >= 15 is 0 Å². The van der Waals surface area contributed by atoms with Gasteiger partial charge in [0.15, 0.2) is 0 Å². The van der Waals surface area contributed by atoms with Crippen molar-refractivity contribution in [2.45, 2.75) is 52.2 Å². The lowest BCUT2D eigenvalue weighted by Crippen LogP contribution is -2.67. The Labute approximate surface area is 219 Å². The molecular weight excluding hydrogens is 472 g/mol. The summed E-state index contributed by atoms with van der Waals surface area (Å²) >= 11 is 0. The summed E-state index contributed by atoms with van der Waals surface area (Å²) in [7, 11) is 3.08. The van der Waals surface area contributed by atoms with Crippen molar-refractivity contribution >= 4 is 23.3 Å². The molecule has 2 unspecified atom stereocenters. The van der Waals surface area contributed by atoms with E-state index in [1.165, 1.54) is 25.3 Å². The summed E-state index contributed by atoms with van der Waals surface area (Å²) in [6.45, 7) is 11.1. The Morgan fingerprint density at radius 3 is 2.14 bits per heavy atom. The maximum atomic E-state index is 13.5. The lowest BCUT2D eigenvalue weighted by atomic mass is 9.99. The third kappa shape index (κ3) is 5.22. The van der Waals surface area contributed by atoms with Crippen LogP contribution in [0.2, 0.25) is 0 Å². The molecule has 2 atom stereocenters. The van der Waals surface area contributed by atoms with E-state index < -0.39 is 23.6 Å². The van der Waals surface area contributed by atoms with E-state index in [9.17, 15) is 14.7 Å². The van der Waals surface area contributed by atoms with E-state index in [1.807, 2.05) is 56.9 Å². The molecule has 1 amide bonds. The first kappa shape index (κ1) is 27.9. The molecule has 2 aromatic rings. The molecule has 37 heavy (non-hydrogen) atoms. The van der Waals surface area contributed by atoms with Crippen LogP contribution in [0.3, 0.4) is 0 Å². The van der Waals surface area contributed by atoms with Gasteiger partial charge in [0.1, 0.15) is 11.5 Å². The van der Waals surface area contributed by atoms with Gasteiger partial charge in [0, 0.05) is 6.08 Å². The van der Waals surface area contributed by atoms with Gasteiger partial charge in [0.25, 0.3) is 5.66 Å². The van der Waals surface area contributed by atoms with Gasteiger partial charge in [0.2, 0.25) is 5.91 Å². The zero-order chi connectivity index (χ0) is 27.3. The Kier molecular flexibility index (Phi) is 8.70. The van der Waals surface area contributed by atoms with Gasteiger partial charge in [-0.25, -0.2) is 9.80 Å². The number of hydrogen-bond donors (Lipinski definition) is 3. The number of carbonyl (C=O) groups excluding carboxylic acids is 1. The van der Waals surface area contributed by atoms with Crippen molar-refractivity contribution in [1.82, 2.24) is 15.6 Å². The number of carboxylic acids is 1. The summed E-state index contributed by atoms with van der Waals surface area (Å²) < 4.78 is 11.2. The molecule has 0 aliphatic carbocycles. The van der Waals surface area contributed by atoms with E-state index in [0.29, 0.717) is 41.5 Å². The van der Waals surface area contributed by atoms with Gasteiger partial charge < -0.3 is 19.9 Å². The molecule has 1 aliphatic rings. The van der Waals surface area contributed by atoms with Crippen LogP contribution >= 0.6 is 0 Å². The summed E-state index contributed by atoms with van der Waals surface area (Å²) in [5, 5.41) is 15.1. The number of rotatable bonds is 11. The fraction of sp³-hybridized carbons (Fsp3) is 0.429. The molecule has 9 heteroatoms. The number of amides is 1. The van der Waals surface area contributed by atoms with Crippen LogP contribution in [0.25, 0.3) is 5.70 Å². The topological polar surface area (TPSA) is 103 Å². The Morgan fingerprint density at radius 2 is 1.62 bits per heavy atom. The molecule has 0 radical (unpaired) electrons. The van der Waals surface area contributed by atoms with E-state index in [4.69, 9.17) is 9.47 Å². The molecule has 2 aromatic carbocycles. The van der Waals surface area contributed by atoms with Crippen molar-refractivity contribution in [1.29, 1.82) is 0 Å². The molecule has 3 N–H and O–H groups in total. The minimum absolute atomic E-state index is 0.0969. The maximum Gasteiger partial charge on any atom is 0.356 e. The molecule has 3 rings (SSSR count).